The van der Waals surface area contributed by atoms with E-state index in [-0.39, 0.29) is 48.1 Å². The second kappa shape index (κ2) is 12.2. The number of hydrogen-bond donors (Lipinski definition) is 6. The number of phenolic OH excluding ortho intramolecular Hbond substituents is 1. The lowest BCUT2D eigenvalue weighted by Gasteiger charge is -2.20. The number of aromatic nitrogens is 4. The van der Waals surface area contributed by atoms with Crippen molar-refractivity contribution in [2.45, 2.75) is 58.1 Å². The van der Waals surface area contributed by atoms with Crippen molar-refractivity contribution in [3.8, 4) is 5.75 Å². The van der Waals surface area contributed by atoms with E-state index in [4.69, 9.17) is 16.2 Å². The third-order valence-corrected chi connectivity index (χ3v) is 5.42. The monoisotopic (exact) mass is 540 g/mol. The van der Waals surface area contributed by atoms with Crippen molar-refractivity contribution in [2.75, 3.05) is 18.0 Å². The Labute approximate surface area is 224 Å². The SMILES string of the molecule is CC(C)(C)OC(=O)NCCCC(NC(=O)c1ccc(CCc2cnc3nc(N)nc(N)c3n2)cc1O)C(=O)O. The molecule has 0 saturated heterocycles. The van der Waals surface area contributed by atoms with Gasteiger partial charge < -0.3 is 37.1 Å². The summed E-state index contributed by atoms with van der Waals surface area (Å²) in [5, 5.41) is 24.9. The predicted molar refractivity (Wildman–Crippen MR) is 142 cm³/mol. The fraction of sp³-hybridized carbons (Fsp3) is 0.400. The molecule has 14 heteroatoms. The zero-order valence-corrected chi connectivity index (χ0v) is 21.9. The highest BCUT2D eigenvalue weighted by atomic mass is 16.6. The van der Waals surface area contributed by atoms with Crippen LogP contribution in [0.2, 0.25) is 0 Å². The first-order valence-electron chi connectivity index (χ1n) is 12.2. The van der Waals surface area contributed by atoms with Crippen molar-refractivity contribution in [1.82, 2.24) is 30.6 Å². The standard InChI is InChI=1S/C25H32N8O6/c1-25(2,3)39-24(38)28-10-4-5-16(22(36)37)31-21(35)15-9-7-13(11-17(15)34)6-8-14-12-29-20-18(30-14)19(26)32-23(27)33-20/h7,9,11-12,16,34H,4-6,8,10H2,1-3H3,(H,28,38)(H,31,35)(H,36,37)(H4,26,27,29,32,33). The van der Waals surface area contributed by atoms with E-state index in [9.17, 15) is 24.6 Å². The summed E-state index contributed by atoms with van der Waals surface area (Å²) in [6.45, 7) is 5.36. The third kappa shape index (κ3) is 8.38. The van der Waals surface area contributed by atoms with Gasteiger partial charge in [0.2, 0.25) is 5.95 Å². The number of anilines is 2. The number of fused-ring (bicyclic) bond motifs is 1. The molecule has 0 aliphatic carbocycles. The number of nitrogens with one attached hydrogen (secondary N) is 2. The van der Waals surface area contributed by atoms with Gasteiger partial charge in [0, 0.05) is 6.54 Å². The molecule has 2 heterocycles. The quantitative estimate of drug-likeness (QED) is 0.201. The average molecular weight is 541 g/mol. The number of aromatic hydroxyl groups is 1. The molecular formula is C25H32N8O6. The molecule has 208 valence electrons. The molecule has 1 aromatic carbocycles. The second-order valence-electron chi connectivity index (χ2n) is 9.79. The maximum absolute atomic E-state index is 12.7. The van der Waals surface area contributed by atoms with Crippen LogP contribution in [0.3, 0.4) is 0 Å². The summed E-state index contributed by atoms with van der Waals surface area (Å²) >= 11 is 0. The molecular weight excluding hydrogens is 508 g/mol. The summed E-state index contributed by atoms with van der Waals surface area (Å²) in [7, 11) is 0. The molecule has 3 aromatic rings. The van der Waals surface area contributed by atoms with Crippen LogP contribution in [0.25, 0.3) is 11.2 Å². The second-order valence-corrected chi connectivity index (χ2v) is 9.79. The lowest BCUT2D eigenvalue weighted by atomic mass is 10.0. The Morgan fingerprint density at radius 2 is 1.85 bits per heavy atom. The summed E-state index contributed by atoms with van der Waals surface area (Å²) in [5.74, 6) is -2.13. The minimum Gasteiger partial charge on any atom is -0.507 e. The van der Waals surface area contributed by atoms with Gasteiger partial charge in [-0.1, -0.05) is 6.07 Å². The van der Waals surface area contributed by atoms with E-state index in [2.05, 4.69) is 30.6 Å². The van der Waals surface area contributed by atoms with Crippen LogP contribution in [0.1, 0.15) is 55.2 Å². The van der Waals surface area contributed by atoms with E-state index in [1.54, 1.807) is 33.0 Å². The lowest BCUT2D eigenvalue weighted by molar-refractivity contribution is -0.139. The fourth-order valence-corrected chi connectivity index (χ4v) is 3.60. The first-order valence-corrected chi connectivity index (χ1v) is 12.2. The largest absolute Gasteiger partial charge is 0.507 e. The summed E-state index contributed by atoms with van der Waals surface area (Å²) in [6.07, 6.45) is 2.20. The van der Waals surface area contributed by atoms with Gasteiger partial charge in [-0.25, -0.2) is 19.6 Å². The summed E-state index contributed by atoms with van der Waals surface area (Å²) in [4.78, 5) is 52.5. The molecule has 2 amide bonds. The van der Waals surface area contributed by atoms with Crippen molar-refractivity contribution in [2.24, 2.45) is 0 Å². The Bertz CT molecular complexity index is 1370. The summed E-state index contributed by atoms with van der Waals surface area (Å²) < 4.78 is 5.12. The van der Waals surface area contributed by atoms with Crippen LogP contribution in [0.5, 0.6) is 5.75 Å². The molecule has 0 radical (unpaired) electrons. The number of benzene rings is 1. The van der Waals surface area contributed by atoms with Gasteiger partial charge in [-0.3, -0.25) is 4.79 Å². The number of carbonyl (C=O) groups is 3. The van der Waals surface area contributed by atoms with Gasteiger partial charge in [0.15, 0.2) is 17.0 Å². The Balaban J connectivity index is 1.55. The van der Waals surface area contributed by atoms with E-state index in [0.29, 0.717) is 24.1 Å². The number of amides is 2. The number of rotatable bonds is 10. The van der Waals surface area contributed by atoms with Gasteiger partial charge in [0.25, 0.3) is 5.91 Å². The number of alkyl carbamates (subject to hydrolysis) is 1. The molecule has 0 bridgehead atoms. The molecule has 3 rings (SSSR count). The molecule has 0 aliphatic heterocycles. The molecule has 2 aromatic heterocycles. The van der Waals surface area contributed by atoms with Crippen molar-refractivity contribution in [3.05, 3.63) is 41.2 Å². The highest BCUT2D eigenvalue weighted by Crippen LogP contribution is 2.21. The maximum atomic E-state index is 12.7. The number of aryl methyl sites for hydroxylation is 2. The number of nitrogens with zero attached hydrogens (tertiary/aromatic N) is 4. The van der Waals surface area contributed by atoms with E-state index in [1.807, 2.05) is 0 Å². The molecule has 0 saturated carbocycles. The zero-order valence-electron chi connectivity index (χ0n) is 21.9. The van der Waals surface area contributed by atoms with Gasteiger partial charge in [-0.05, 0) is 64.2 Å². The molecule has 39 heavy (non-hydrogen) atoms. The Kier molecular flexibility index (Phi) is 9.01. The zero-order chi connectivity index (χ0) is 28.7. The number of carboxylic acid groups (broad SMARTS) is 1. The number of nitrogen functional groups attached to an aromatic ring is 2. The van der Waals surface area contributed by atoms with Gasteiger partial charge in [-0.2, -0.15) is 9.97 Å². The maximum Gasteiger partial charge on any atom is 0.407 e. The molecule has 1 unspecified atom stereocenters. The number of phenols is 1. The normalized spacial score (nSPS) is 12.1. The summed E-state index contributed by atoms with van der Waals surface area (Å²) in [5.41, 5.74) is 12.7. The Morgan fingerprint density at radius 1 is 1.10 bits per heavy atom. The lowest BCUT2D eigenvalue weighted by Crippen LogP contribution is -2.41. The van der Waals surface area contributed by atoms with Gasteiger partial charge in [0.1, 0.15) is 17.4 Å². The molecule has 0 aliphatic rings. The first kappa shape index (κ1) is 28.8. The van der Waals surface area contributed by atoms with Crippen LogP contribution < -0.4 is 22.1 Å². The van der Waals surface area contributed by atoms with Gasteiger partial charge in [-0.15, -0.1) is 0 Å². The molecule has 1 atom stereocenters. The molecule has 8 N–H and O–H groups in total. The Hall–Kier alpha value is -4.75. The van der Waals surface area contributed by atoms with Crippen molar-refractivity contribution in [3.63, 3.8) is 0 Å². The van der Waals surface area contributed by atoms with Crippen LogP contribution in [0, 0.1) is 0 Å². The number of nitrogens with two attached hydrogens (primary N) is 2. The molecule has 0 fully saturated rings. The van der Waals surface area contributed by atoms with Crippen LogP contribution in [-0.2, 0) is 22.4 Å². The predicted octanol–water partition coefficient (Wildman–Crippen LogP) is 1.56. The third-order valence-electron chi connectivity index (χ3n) is 5.42. The van der Waals surface area contributed by atoms with Crippen LogP contribution in [0.4, 0.5) is 16.6 Å². The van der Waals surface area contributed by atoms with Crippen molar-refractivity contribution < 1.29 is 29.3 Å². The number of hydrogen-bond acceptors (Lipinski definition) is 11. The van der Waals surface area contributed by atoms with E-state index in [0.717, 1.165) is 5.56 Å². The summed E-state index contributed by atoms with van der Waals surface area (Å²) in [6, 6.07) is 3.29. The number of aliphatic carboxylic acids is 1. The number of carboxylic acids is 1. The van der Waals surface area contributed by atoms with E-state index < -0.39 is 29.6 Å². The van der Waals surface area contributed by atoms with Crippen molar-refractivity contribution in [1.29, 1.82) is 0 Å². The van der Waals surface area contributed by atoms with Crippen molar-refractivity contribution >= 4 is 40.9 Å². The van der Waals surface area contributed by atoms with Gasteiger partial charge in [0.05, 0.1) is 17.5 Å². The van der Waals surface area contributed by atoms with Crippen LogP contribution in [0.15, 0.2) is 24.4 Å². The number of ether oxygens (including phenoxy) is 1. The first-order chi connectivity index (χ1) is 18.3. The van der Waals surface area contributed by atoms with Crippen LogP contribution in [-0.4, -0.2) is 66.3 Å². The van der Waals surface area contributed by atoms with Gasteiger partial charge >= 0.3 is 12.1 Å². The molecule has 0 spiro atoms. The van der Waals surface area contributed by atoms with Crippen LogP contribution >= 0.6 is 0 Å². The number of carbonyl (C=O) groups excluding carboxylic acids is 2. The minimum absolute atomic E-state index is 0.00605. The highest BCUT2D eigenvalue weighted by molar-refractivity contribution is 5.98. The highest BCUT2D eigenvalue weighted by Gasteiger charge is 2.22. The fourth-order valence-electron chi connectivity index (χ4n) is 3.60. The topological polar surface area (TPSA) is 229 Å². The average Bonchev–Trinajstić information content (AvgIpc) is 2.83. The smallest absolute Gasteiger partial charge is 0.407 e. The van der Waals surface area contributed by atoms with E-state index in [1.165, 1.54) is 12.1 Å². The Morgan fingerprint density at radius 3 is 2.51 bits per heavy atom. The minimum atomic E-state index is -1.23. The molecule has 14 nitrogen and oxygen atoms in total. The van der Waals surface area contributed by atoms with E-state index >= 15 is 0 Å².